The zero-order valence-corrected chi connectivity index (χ0v) is 11.9. The number of halogens is 3. The molecule has 0 aliphatic heterocycles. The second kappa shape index (κ2) is 6.68. The van der Waals surface area contributed by atoms with Crippen molar-refractivity contribution in [2.75, 3.05) is 25.0 Å². The summed E-state index contributed by atoms with van der Waals surface area (Å²) in [4.78, 5) is 13.3. The lowest BCUT2D eigenvalue weighted by molar-refractivity contribution is -0.128. The van der Waals surface area contributed by atoms with Gasteiger partial charge in [0.2, 0.25) is 5.91 Å². The van der Waals surface area contributed by atoms with Crippen molar-refractivity contribution in [3.05, 3.63) is 28.2 Å². The second-order valence-corrected chi connectivity index (χ2v) is 4.58. The summed E-state index contributed by atoms with van der Waals surface area (Å²) in [7, 11) is 0. The van der Waals surface area contributed by atoms with Gasteiger partial charge in [0.15, 0.2) is 0 Å². The monoisotopic (exact) mass is 320 g/mol. The van der Waals surface area contributed by atoms with E-state index in [9.17, 15) is 13.6 Å². The largest absolute Gasteiger partial charge is 0.371 e. The van der Waals surface area contributed by atoms with Crippen molar-refractivity contribution in [1.29, 1.82) is 0 Å². The number of benzene rings is 1. The predicted molar refractivity (Wildman–Crippen MR) is 70.5 cm³/mol. The molecule has 3 nitrogen and oxygen atoms in total. The summed E-state index contributed by atoms with van der Waals surface area (Å²) in [6.07, 6.45) is 0. The van der Waals surface area contributed by atoms with E-state index in [-0.39, 0.29) is 18.1 Å². The number of anilines is 1. The first-order valence-electron chi connectivity index (χ1n) is 5.65. The second-order valence-electron chi connectivity index (χ2n) is 3.66. The zero-order chi connectivity index (χ0) is 13.7. The van der Waals surface area contributed by atoms with Crippen LogP contribution in [-0.2, 0) is 4.79 Å². The fraction of sp³-hybridized carbons (Fsp3) is 0.417. The molecule has 0 heterocycles. The van der Waals surface area contributed by atoms with Crippen LogP contribution < -0.4 is 5.32 Å². The van der Waals surface area contributed by atoms with Crippen molar-refractivity contribution < 1.29 is 13.6 Å². The number of hydrogen-bond donors (Lipinski definition) is 1. The molecule has 100 valence electrons. The minimum atomic E-state index is -0.728. The molecule has 1 amide bonds. The Morgan fingerprint density at radius 2 is 1.78 bits per heavy atom. The highest BCUT2D eigenvalue weighted by molar-refractivity contribution is 9.10. The van der Waals surface area contributed by atoms with Gasteiger partial charge >= 0.3 is 0 Å². The molecule has 0 saturated carbocycles. The minimum Gasteiger partial charge on any atom is -0.371 e. The van der Waals surface area contributed by atoms with Gasteiger partial charge in [0.25, 0.3) is 0 Å². The van der Waals surface area contributed by atoms with E-state index < -0.39 is 11.6 Å². The van der Waals surface area contributed by atoms with Crippen LogP contribution in [-0.4, -0.2) is 30.4 Å². The van der Waals surface area contributed by atoms with Crippen LogP contribution in [0.15, 0.2) is 16.6 Å². The Labute approximate surface area is 113 Å². The van der Waals surface area contributed by atoms with Crippen molar-refractivity contribution in [3.63, 3.8) is 0 Å². The van der Waals surface area contributed by atoms with E-state index in [1.54, 1.807) is 4.90 Å². The normalized spacial score (nSPS) is 10.3. The fourth-order valence-electron chi connectivity index (χ4n) is 1.56. The SMILES string of the molecule is CCN(CC)C(=O)CNc1c(F)cc(Br)cc1F. The van der Waals surface area contributed by atoms with Gasteiger partial charge in [-0.3, -0.25) is 4.79 Å². The highest BCUT2D eigenvalue weighted by Crippen LogP contribution is 2.23. The van der Waals surface area contributed by atoms with Crippen LogP contribution in [0.2, 0.25) is 0 Å². The third-order valence-corrected chi connectivity index (χ3v) is 3.00. The molecule has 0 unspecified atom stereocenters. The van der Waals surface area contributed by atoms with Crippen LogP contribution >= 0.6 is 15.9 Å². The van der Waals surface area contributed by atoms with Gasteiger partial charge in [0, 0.05) is 17.6 Å². The average Bonchev–Trinajstić information content (AvgIpc) is 2.29. The van der Waals surface area contributed by atoms with Crippen molar-refractivity contribution in [2.45, 2.75) is 13.8 Å². The first-order chi connectivity index (χ1) is 8.49. The molecule has 0 fully saturated rings. The molecule has 1 aromatic rings. The number of amides is 1. The molecule has 1 aromatic carbocycles. The van der Waals surface area contributed by atoms with E-state index in [4.69, 9.17) is 0 Å². The molecule has 1 rings (SSSR count). The van der Waals surface area contributed by atoms with Crippen LogP contribution in [0, 0.1) is 11.6 Å². The number of hydrogen-bond acceptors (Lipinski definition) is 2. The Balaban J connectivity index is 2.72. The fourth-order valence-corrected chi connectivity index (χ4v) is 1.97. The molecule has 6 heteroatoms. The summed E-state index contributed by atoms with van der Waals surface area (Å²) >= 11 is 2.99. The van der Waals surface area contributed by atoms with Crippen molar-refractivity contribution >= 4 is 27.5 Å². The highest BCUT2D eigenvalue weighted by atomic mass is 79.9. The van der Waals surface area contributed by atoms with Gasteiger partial charge in [0.05, 0.1) is 6.54 Å². The summed E-state index contributed by atoms with van der Waals surface area (Å²) in [5.74, 6) is -1.65. The maximum Gasteiger partial charge on any atom is 0.241 e. The molecule has 0 radical (unpaired) electrons. The van der Waals surface area contributed by atoms with Gasteiger partial charge in [-0.05, 0) is 26.0 Å². The molecular formula is C12H15BrF2N2O. The van der Waals surface area contributed by atoms with E-state index in [2.05, 4.69) is 21.2 Å². The third kappa shape index (κ3) is 3.66. The maximum absolute atomic E-state index is 13.5. The van der Waals surface area contributed by atoms with Gasteiger partial charge in [-0.15, -0.1) is 0 Å². The Morgan fingerprint density at radius 1 is 1.28 bits per heavy atom. The summed E-state index contributed by atoms with van der Waals surface area (Å²) in [5.41, 5.74) is -0.279. The molecular weight excluding hydrogens is 306 g/mol. The Kier molecular flexibility index (Phi) is 5.53. The molecule has 0 atom stereocenters. The van der Waals surface area contributed by atoms with Crippen LogP contribution in [0.4, 0.5) is 14.5 Å². The van der Waals surface area contributed by atoms with E-state index in [1.165, 1.54) is 0 Å². The van der Waals surface area contributed by atoms with Crippen LogP contribution in [0.25, 0.3) is 0 Å². The van der Waals surface area contributed by atoms with Crippen molar-refractivity contribution in [1.82, 2.24) is 4.90 Å². The van der Waals surface area contributed by atoms with Crippen LogP contribution in [0.1, 0.15) is 13.8 Å². The van der Waals surface area contributed by atoms with Gasteiger partial charge < -0.3 is 10.2 Å². The van der Waals surface area contributed by atoms with Gasteiger partial charge in [-0.1, -0.05) is 15.9 Å². The molecule has 18 heavy (non-hydrogen) atoms. The lowest BCUT2D eigenvalue weighted by atomic mass is 10.3. The highest BCUT2D eigenvalue weighted by Gasteiger charge is 2.14. The quantitative estimate of drug-likeness (QED) is 0.904. The van der Waals surface area contributed by atoms with E-state index in [0.29, 0.717) is 17.6 Å². The summed E-state index contributed by atoms with van der Waals surface area (Å²) in [6, 6.07) is 2.29. The van der Waals surface area contributed by atoms with Gasteiger partial charge in [0.1, 0.15) is 17.3 Å². The molecule has 1 N–H and O–H groups in total. The minimum absolute atomic E-state index is 0.128. The first-order valence-corrected chi connectivity index (χ1v) is 6.45. The molecule has 0 aliphatic rings. The Hall–Kier alpha value is -1.17. The van der Waals surface area contributed by atoms with E-state index in [0.717, 1.165) is 12.1 Å². The summed E-state index contributed by atoms with van der Waals surface area (Å²) in [6.45, 7) is 4.71. The smallest absolute Gasteiger partial charge is 0.241 e. The van der Waals surface area contributed by atoms with E-state index in [1.807, 2.05) is 13.8 Å². The van der Waals surface area contributed by atoms with Crippen LogP contribution in [0.3, 0.4) is 0 Å². The summed E-state index contributed by atoms with van der Waals surface area (Å²) < 4.78 is 27.3. The molecule has 0 saturated heterocycles. The number of rotatable bonds is 5. The lowest BCUT2D eigenvalue weighted by Gasteiger charge is -2.19. The third-order valence-electron chi connectivity index (χ3n) is 2.54. The number of nitrogens with zero attached hydrogens (tertiary/aromatic N) is 1. The van der Waals surface area contributed by atoms with Gasteiger partial charge in [-0.25, -0.2) is 8.78 Å². The molecule has 0 aromatic heterocycles. The average molecular weight is 321 g/mol. The van der Waals surface area contributed by atoms with Crippen molar-refractivity contribution in [3.8, 4) is 0 Å². The topological polar surface area (TPSA) is 32.3 Å². The maximum atomic E-state index is 13.5. The number of nitrogens with one attached hydrogen (secondary N) is 1. The van der Waals surface area contributed by atoms with Gasteiger partial charge in [-0.2, -0.15) is 0 Å². The molecule has 0 spiro atoms. The number of likely N-dealkylation sites (N-methyl/N-ethyl adjacent to an activating group) is 1. The first kappa shape index (κ1) is 14.9. The standard InChI is InChI=1S/C12H15BrF2N2O/c1-3-17(4-2)11(18)7-16-12-9(14)5-8(13)6-10(12)15/h5-6,16H,3-4,7H2,1-2H3. The Bertz CT molecular complexity index is 413. The predicted octanol–water partition coefficient (Wildman–Crippen LogP) is 3.01. The number of carbonyl (C=O) groups is 1. The Morgan fingerprint density at radius 3 is 2.22 bits per heavy atom. The molecule has 0 bridgehead atoms. The van der Waals surface area contributed by atoms with E-state index >= 15 is 0 Å². The molecule has 0 aliphatic carbocycles. The zero-order valence-electron chi connectivity index (χ0n) is 10.3. The van der Waals surface area contributed by atoms with Crippen LogP contribution in [0.5, 0.6) is 0 Å². The number of carbonyl (C=O) groups excluding carboxylic acids is 1. The van der Waals surface area contributed by atoms with Crippen molar-refractivity contribution in [2.24, 2.45) is 0 Å². The summed E-state index contributed by atoms with van der Waals surface area (Å²) in [5, 5.41) is 2.50. The lowest BCUT2D eigenvalue weighted by Crippen LogP contribution is -2.35.